The predicted molar refractivity (Wildman–Crippen MR) is 45.1 cm³/mol. The van der Waals surface area contributed by atoms with Gasteiger partial charge in [-0.2, -0.15) is 0 Å². The first-order valence-corrected chi connectivity index (χ1v) is 4.44. The normalized spacial score (nSPS) is 10.3. The highest BCUT2D eigenvalue weighted by atomic mass is 32.1. The summed E-state index contributed by atoms with van der Waals surface area (Å²) in [7, 11) is 0. The molecule has 0 aromatic carbocycles. The number of aromatic nitrogens is 1. The van der Waals surface area contributed by atoms with E-state index in [0.29, 0.717) is 19.8 Å². The van der Waals surface area contributed by atoms with Crippen LogP contribution in [0.2, 0.25) is 0 Å². The van der Waals surface area contributed by atoms with Gasteiger partial charge in [0.05, 0.1) is 6.61 Å². The average molecular weight is 173 g/mol. The maximum atomic E-state index is 10.9. The van der Waals surface area contributed by atoms with Crippen LogP contribution in [-0.4, -0.2) is 17.8 Å². The van der Waals surface area contributed by atoms with Gasteiger partial charge in [-0.15, -0.1) is 0 Å². The van der Waals surface area contributed by atoms with Crippen LogP contribution in [0.5, 0.6) is 0 Å². The summed E-state index contributed by atoms with van der Waals surface area (Å²) in [5.74, 6) is 0. The van der Waals surface area contributed by atoms with Crippen molar-refractivity contribution in [3.63, 3.8) is 0 Å². The third-order valence-electron chi connectivity index (χ3n) is 1.32. The second-order valence-electron chi connectivity index (χ2n) is 2.06. The number of nitrogens with zero attached hydrogens (tertiary/aromatic N) is 1. The van der Waals surface area contributed by atoms with Crippen molar-refractivity contribution < 1.29 is 4.74 Å². The van der Waals surface area contributed by atoms with Crippen LogP contribution < -0.4 is 4.87 Å². The summed E-state index contributed by atoms with van der Waals surface area (Å²) in [6.07, 6.45) is 1.78. The van der Waals surface area contributed by atoms with Gasteiger partial charge in [-0.05, 0) is 6.92 Å². The quantitative estimate of drug-likeness (QED) is 0.635. The molecule has 3 nitrogen and oxygen atoms in total. The molecule has 0 fully saturated rings. The van der Waals surface area contributed by atoms with E-state index in [1.54, 1.807) is 16.1 Å². The molecule has 1 aromatic rings. The van der Waals surface area contributed by atoms with Crippen molar-refractivity contribution in [2.75, 3.05) is 13.2 Å². The summed E-state index contributed by atoms with van der Waals surface area (Å²) in [4.78, 5) is 11.0. The van der Waals surface area contributed by atoms with E-state index in [9.17, 15) is 4.79 Å². The minimum absolute atomic E-state index is 0.0877. The summed E-state index contributed by atoms with van der Waals surface area (Å²) in [5, 5.41) is 1.79. The lowest BCUT2D eigenvalue weighted by molar-refractivity contribution is 0.138. The van der Waals surface area contributed by atoms with E-state index < -0.39 is 0 Å². The summed E-state index contributed by atoms with van der Waals surface area (Å²) >= 11 is 1.21. The number of ether oxygens (including phenoxy) is 1. The number of hydrogen-bond acceptors (Lipinski definition) is 3. The molecule has 0 aliphatic rings. The van der Waals surface area contributed by atoms with Crippen molar-refractivity contribution in [1.82, 2.24) is 4.57 Å². The van der Waals surface area contributed by atoms with Gasteiger partial charge in [0.15, 0.2) is 0 Å². The summed E-state index contributed by atoms with van der Waals surface area (Å²) in [6, 6.07) is 0. The molecule has 0 radical (unpaired) electrons. The Morgan fingerprint density at radius 1 is 1.73 bits per heavy atom. The summed E-state index contributed by atoms with van der Waals surface area (Å²) in [6.45, 7) is 3.93. The van der Waals surface area contributed by atoms with Crippen molar-refractivity contribution >= 4 is 11.3 Å². The van der Waals surface area contributed by atoms with Gasteiger partial charge in [0.25, 0.3) is 0 Å². The number of rotatable bonds is 4. The smallest absolute Gasteiger partial charge is 0.307 e. The van der Waals surface area contributed by atoms with Crippen LogP contribution in [0.15, 0.2) is 16.4 Å². The molecule has 4 heteroatoms. The first kappa shape index (κ1) is 8.49. The molecule has 0 spiro atoms. The molecule has 1 heterocycles. The van der Waals surface area contributed by atoms with E-state index in [4.69, 9.17) is 4.74 Å². The van der Waals surface area contributed by atoms with Crippen LogP contribution in [-0.2, 0) is 11.3 Å². The Hall–Kier alpha value is -0.610. The topological polar surface area (TPSA) is 31.2 Å². The van der Waals surface area contributed by atoms with E-state index in [1.807, 2.05) is 6.92 Å². The Kier molecular flexibility index (Phi) is 3.32. The largest absolute Gasteiger partial charge is 0.380 e. The lowest BCUT2D eigenvalue weighted by atomic mass is 10.6. The summed E-state index contributed by atoms with van der Waals surface area (Å²) < 4.78 is 6.76. The lowest BCUT2D eigenvalue weighted by Gasteiger charge is -1.99. The zero-order valence-electron chi connectivity index (χ0n) is 6.45. The first-order chi connectivity index (χ1) is 5.34. The molecular formula is C7H11NO2S. The van der Waals surface area contributed by atoms with Crippen LogP contribution in [0.4, 0.5) is 0 Å². The molecule has 11 heavy (non-hydrogen) atoms. The van der Waals surface area contributed by atoms with Crippen LogP contribution in [0, 0.1) is 0 Å². The van der Waals surface area contributed by atoms with Crippen LogP contribution in [0.1, 0.15) is 6.92 Å². The monoisotopic (exact) mass is 173 g/mol. The third-order valence-corrected chi connectivity index (χ3v) is 2.02. The van der Waals surface area contributed by atoms with Gasteiger partial charge in [0.2, 0.25) is 0 Å². The van der Waals surface area contributed by atoms with Crippen molar-refractivity contribution in [3.05, 3.63) is 21.2 Å². The van der Waals surface area contributed by atoms with E-state index in [0.717, 1.165) is 0 Å². The van der Waals surface area contributed by atoms with Crippen molar-refractivity contribution in [1.29, 1.82) is 0 Å². The molecule has 1 rings (SSSR count). The van der Waals surface area contributed by atoms with Gasteiger partial charge in [-0.25, -0.2) is 0 Å². The minimum atomic E-state index is 0.0877. The maximum absolute atomic E-state index is 10.9. The van der Waals surface area contributed by atoms with E-state index >= 15 is 0 Å². The maximum Gasteiger partial charge on any atom is 0.307 e. The molecule has 0 aliphatic heterocycles. The van der Waals surface area contributed by atoms with Crippen molar-refractivity contribution in [2.24, 2.45) is 0 Å². The number of thiazole rings is 1. The van der Waals surface area contributed by atoms with Gasteiger partial charge in [-0.3, -0.25) is 4.79 Å². The number of hydrogen-bond donors (Lipinski definition) is 0. The van der Waals surface area contributed by atoms with Crippen LogP contribution in [0.3, 0.4) is 0 Å². The van der Waals surface area contributed by atoms with Crippen molar-refractivity contribution in [2.45, 2.75) is 13.5 Å². The molecular weight excluding hydrogens is 162 g/mol. The Morgan fingerprint density at radius 2 is 2.55 bits per heavy atom. The first-order valence-electron chi connectivity index (χ1n) is 3.56. The van der Waals surface area contributed by atoms with E-state index in [2.05, 4.69) is 0 Å². The second-order valence-corrected chi connectivity index (χ2v) is 2.92. The van der Waals surface area contributed by atoms with Crippen LogP contribution in [0.25, 0.3) is 0 Å². The highest BCUT2D eigenvalue weighted by Crippen LogP contribution is 1.88. The Bertz CT molecular complexity index is 253. The fourth-order valence-corrected chi connectivity index (χ4v) is 1.38. The van der Waals surface area contributed by atoms with Gasteiger partial charge >= 0.3 is 4.87 Å². The molecule has 0 unspecified atom stereocenters. The SMILES string of the molecule is CCOCCn1ccsc1=O. The Morgan fingerprint density at radius 3 is 3.09 bits per heavy atom. The third kappa shape index (κ3) is 2.48. The van der Waals surface area contributed by atoms with E-state index in [-0.39, 0.29) is 4.87 Å². The lowest BCUT2D eigenvalue weighted by Crippen LogP contribution is -2.15. The second kappa shape index (κ2) is 4.31. The highest BCUT2D eigenvalue weighted by Gasteiger charge is 1.94. The molecule has 62 valence electrons. The van der Waals surface area contributed by atoms with Gasteiger partial charge in [-0.1, -0.05) is 11.3 Å². The molecule has 0 aliphatic carbocycles. The zero-order chi connectivity index (χ0) is 8.10. The molecule has 0 N–H and O–H groups in total. The van der Waals surface area contributed by atoms with Gasteiger partial charge in [0, 0.05) is 24.7 Å². The summed E-state index contributed by atoms with van der Waals surface area (Å²) in [5.41, 5.74) is 0. The van der Waals surface area contributed by atoms with Crippen molar-refractivity contribution in [3.8, 4) is 0 Å². The molecule has 0 atom stereocenters. The van der Waals surface area contributed by atoms with Gasteiger partial charge in [0.1, 0.15) is 0 Å². The average Bonchev–Trinajstić information content (AvgIpc) is 2.37. The predicted octanol–water partition coefficient (Wildman–Crippen LogP) is 0.946. The molecule has 0 amide bonds. The Balaban J connectivity index is 2.39. The zero-order valence-corrected chi connectivity index (χ0v) is 7.26. The van der Waals surface area contributed by atoms with Crippen LogP contribution >= 0.6 is 11.3 Å². The fourth-order valence-electron chi connectivity index (χ4n) is 0.764. The highest BCUT2D eigenvalue weighted by molar-refractivity contribution is 7.07. The molecule has 0 saturated heterocycles. The van der Waals surface area contributed by atoms with E-state index in [1.165, 1.54) is 11.3 Å². The van der Waals surface area contributed by atoms with Gasteiger partial charge < -0.3 is 9.30 Å². The Labute approximate surface area is 69.2 Å². The minimum Gasteiger partial charge on any atom is -0.380 e. The molecule has 0 saturated carbocycles. The molecule has 1 aromatic heterocycles. The standard InChI is InChI=1S/C7H11NO2S/c1-2-10-5-3-8-4-6-11-7(8)9/h4,6H,2-3,5H2,1H3. The fraction of sp³-hybridized carbons (Fsp3) is 0.571. The molecule has 0 bridgehead atoms.